The highest BCUT2D eigenvalue weighted by Crippen LogP contribution is 2.28. The van der Waals surface area contributed by atoms with Crippen LogP contribution in [0.3, 0.4) is 0 Å². The van der Waals surface area contributed by atoms with Crippen LogP contribution in [0.1, 0.15) is 84.5 Å². The standard InChI is InChI=1S/C18H38N2O2/c1-3-5-7-9-11-15(10-8-6-4-2)16(14-19)12-13-17(20)18(21)22/h15-17H,3-14,19-20H2,1-2H3,(H,21,22)/t15?,16?,17-/m0/s1. The fourth-order valence-electron chi connectivity index (χ4n) is 3.17. The smallest absolute Gasteiger partial charge is 0.320 e. The van der Waals surface area contributed by atoms with E-state index in [-0.39, 0.29) is 0 Å². The van der Waals surface area contributed by atoms with E-state index in [9.17, 15) is 4.79 Å². The van der Waals surface area contributed by atoms with Gasteiger partial charge in [-0.25, -0.2) is 0 Å². The molecular formula is C18H38N2O2. The first-order chi connectivity index (χ1) is 10.6. The Morgan fingerprint density at radius 3 is 1.91 bits per heavy atom. The quantitative estimate of drug-likeness (QED) is 0.400. The number of unbranched alkanes of at least 4 members (excludes halogenated alkanes) is 5. The SMILES string of the molecule is CCCCCCC(CCCCC)C(CN)CC[C@H](N)C(=O)O. The van der Waals surface area contributed by atoms with Crippen molar-refractivity contribution in [2.75, 3.05) is 6.54 Å². The van der Waals surface area contributed by atoms with Gasteiger partial charge in [-0.3, -0.25) is 4.79 Å². The van der Waals surface area contributed by atoms with Gasteiger partial charge in [0, 0.05) is 0 Å². The molecular weight excluding hydrogens is 276 g/mol. The molecule has 22 heavy (non-hydrogen) atoms. The van der Waals surface area contributed by atoms with Gasteiger partial charge in [0.2, 0.25) is 0 Å². The monoisotopic (exact) mass is 314 g/mol. The van der Waals surface area contributed by atoms with Crippen LogP contribution in [-0.4, -0.2) is 23.7 Å². The van der Waals surface area contributed by atoms with Gasteiger partial charge in [-0.1, -0.05) is 71.6 Å². The Balaban J connectivity index is 4.37. The van der Waals surface area contributed by atoms with Crippen LogP contribution in [0.4, 0.5) is 0 Å². The van der Waals surface area contributed by atoms with Crippen molar-refractivity contribution in [1.29, 1.82) is 0 Å². The molecule has 0 fully saturated rings. The maximum atomic E-state index is 10.9. The topological polar surface area (TPSA) is 89.3 Å². The third-order valence-electron chi connectivity index (χ3n) is 4.74. The molecule has 0 aromatic heterocycles. The molecule has 0 bridgehead atoms. The van der Waals surface area contributed by atoms with E-state index in [1.54, 1.807) is 0 Å². The zero-order valence-electron chi connectivity index (χ0n) is 14.7. The number of rotatable bonds is 15. The Morgan fingerprint density at radius 1 is 0.864 bits per heavy atom. The molecule has 0 heterocycles. The van der Waals surface area contributed by atoms with Crippen LogP contribution in [0, 0.1) is 11.8 Å². The second-order valence-corrected chi connectivity index (χ2v) is 6.62. The molecule has 4 nitrogen and oxygen atoms in total. The van der Waals surface area contributed by atoms with Crippen LogP contribution < -0.4 is 11.5 Å². The first kappa shape index (κ1) is 21.4. The second-order valence-electron chi connectivity index (χ2n) is 6.62. The van der Waals surface area contributed by atoms with Crippen molar-refractivity contribution in [3.63, 3.8) is 0 Å². The summed E-state index contributed by atoms with van der Waals surface area (Å²) in [6.07, 6.45) is 12.7. The van der Waals surface area contributed by atoms with E-state index in [1.807, 2.05) is 0 Å². The fraction of sp³-hybridized carbons (Fsp3) is 0.944. The van der Waals surface area contributed by atoms with Crippen molar-refractivity contribution in [1.82, 2.24) is 0 Å². The van der Waals surface area contributed by atoms with Crippen LogP contribution >= 0.6 is 0 Å². The number of carboxylic acid groups (broad SMARTS) is 1. The molecule has 0 spiro atoms. The number of carboxylic acids is 1. The van der Waals surface area contributed by atoms with Gasteiger partial charge in [-0.05, 0) is 31.2 Å². The van der Waals surface area contributed by atoms with Gasteiger partial charge in [-0.15, -0.1) is 0 Å². The lowest BCUT2D eigenvalue weighted by atomic mass is 9.80. The van der Waals surface area contributed by atoms with E-state index in [2.05, 4.69) is 13.8 Å². The van der Waals surface area contributed by atoms with Gasteiger partial charge >= 0.3 is 5.97 Å². The third kappa shape index (κ3) is 10.2. The minimum absolute atomic E-state index is 0.420. The molecule has 2 unspecified atom stereocenters. The molecule has 0 rings (SSSR count). The zero-order valence-corrected chi connectivity index (χ0v) is 14.7. The first-order valence-corrected chi connectivity index (χ1v) is 9.25. The molecule has 0 aromatic rings. The lowest BCUT2D eigenvalue weighted by Crippen LogP contribution is -2.32. The average molecular weight is 315 g/mol. The summed E-state index contributed by atoms with van der Waals surface area (Å²) in [5, 5.41) is 8.92. The van der Waals surface area contributed by atoms with E-state index in [0.29, 0.717) is 24.8 Å². The summed E-state index contributed by atoms with van der Waals surface area (Å²) in [7, 11) is 0. The van der Waals surface area contributed by atoms with Crippen LogP contribution in [0.2, 0.25) is 0 Å². The number of carbonyl (C=O) groups is 1. The summed E-state index contributed by atoms with van der Waals surface area (Å²) < 4.78 is 0. The van der Waals surface area contributed by atoms with Gasteiger partial charge in [-0.2, -0.15) is 0 Å². The van der Waals surface area contributed by atoms with Crippen molar-refractivity contribution in [2.24, 2.45) is 23.3 Å². The molecule has 0 aliphatic heterocycles. The lowest BCUT2D eigenvalue weighted by Gasteiger charge is -2.27. The average Bonchev–Trinajstić information content (AvgIpc) is 2.51. The molecule has 0 amide bonds. The Hall–Kier alpha value is -0.610. The number of aliphatic carboxylic acids is 1. The highest BCUT2D eigenvalue weighted by Gasteiger charge is 2.22. The summed E-state index contributed by atoms with van der Waals surface area (Å²) in [4.78, 5) is 10.9. The molecule has 0 radical (unpaired) electrons. The van der Waals surface area contributed by atoms with Gasteiger partial charge in [0.15, 0.2) is 0 Å². The van der Waals surface area contributed by atoms with Crippen LogP contribution in [0.5, 0.6) is 0 Å². The van der Waals surface area contributed by atoms with E-state index in [0.717, 1.165) is 6.42 Å². The van der Waals surface area contributed by atoms with Crippen LogP contribution in [0.25, 0.3) is 0 Å². The van der Waals surface area contributed by atoms with Crippen molar-refractivity contribution >= 4 is 5.97 Å². The molecule has 0 aliphatic rings. The predicted molar refractivity (Wildman–Crippen MR) is 93.8 cm³/mol. The fourth-order valence-corrected chi connectivity index (χ4v) is 3.17. The predicted octanol–water partition coefficient (Wildman–Crippen LogP) is 3.92. The Kier molecular flexibility index (Phi) is 13.6. The Labute approximate surface area is 137 Å². The summed E-state index contributed by atoms with van der Waals surface area (Å²) in [6, 6.07) is -0.745. The number of nitrogens with two attached hydrogens (primary N) is 2. The van der Waals surface area contributed by atoms with E-state index in [4.69, 9.17) is 16.6 Å². The van der Waals surface area contributed by atoms with Crippen molar-refractivity contribution in [3.05, 3.63) is 0 Å². The maximum absolute atomic E-state index is 10.9. The summed E-state index contributed by atoms with van der Waals surface area (Å²) in [5.74, 6) is 0.152. The van der Waals surface area contributed by atoms with Crippen molar-refractivity contribution in [3.8, 4) is 0 Å². The highest BCUT2D eigenvalue weighted by atomic mass is 16.4. The normalized spacial score (nSPS) is 15.5. The van der Waals surface area contributed by atoms with Crippen LogP contribution in [-0.2, 0) is 4.79 Å². The molecule has 3 atom stereocenters. The van der Waals surface area contributed by atoms with Gasteiger partial charge in [0.05, 0.1) is 0 Å². The molecule has 0 aliphatic carbocycles. The maximum Gasteiger partial charge on any atom is 0.320 e. The first-order valence-electron chi connectivity index (χ1n) is 9.25. The van der Waals surface area contributed by atoms with Gasteiger partial charge < -0.3 is 16.6 Å². The van der Waals surface area contributed by atoms with E-state index in [1.165, 1.54) is 57.8 Å². The molecule has 132 valence electrons. The number of hydrogen-bond donors (Lipinski definition) is 3. The second kappa shape index (κ2) is 14.0. The Morgan fingerprint density at radius 2 is 1.41 bits per heavy atom. The van der Waals surface area contributed by atoms with E-state index >= 15 is 0 Å². The summed E-state index contributed by atoms with van der Waals surface area (Å²) in [6.45, 7) is 5.11. The largest absolute Gasteiger partial charge is 0.480 e. The highest BCUT2D eigenvalue weighted by molar-refractivity contribution is 5.72. The third-order valence-corrected chi connectivity index (χ3v) is 4.74. The molecule has 0 saturated carbocycles. The zero-order chi connectivity index (χ0) is 16.8. The van der Waals surface area contributed by atoms with Gasteiger partial charge in [0.25, 0.3) is 0 Å². The van der Waals surface area contributed by atoms with Crippen molar-refractivity contribution in [2.45, 2.75) is 90.5 Å². The number of hydrogen-bond acceptors (Lipinski definition) is 3. The molecule has 0 saturated heterocycles. The summed E-state index contributed by atoms with van der Waals surface area (Å²) >= 11 is 0. The van der Waals surface area contributed by atoms with Crippen molar-refractivity contribution < 1.29 is 9.90 Å². The van der Waals surface area contributed by atoms with E-state index < -0.39 is 12.0 Å². The minimum Gasteiger partial charge on any atom is -0.480 e. The van der Waals surface area contributed by atoms with Gasteiger partial charge in [0.1, 0.15) is 6.04 Å². The minimum atomic E-state index is -0.902. The molecule has 0 aromatic carbocycles. The Bertz CT molecular complexity index is 272. The van der Waals surface area contributed by atoms with Crippen LogP contribution in [0.15, 0.2) is 0 Å². The summed E-state index contributed by atoms with van der Waals surface area (Å²) in [5.41, 5.74) is 11.6. The lowest BCUT2D eigenvalue weighted by molar-refractivity contribution is -0.138. The molecule has 5 N–H and O–H groups in total. The molecule has 4 heteroatoms.